The summed E-state index contributed by atoms with van der Waals surface area (Å²) < 4.78 is 16.6. The minimum absolute atomic E-state index is 0.656. The van der Waals surface area contributed by atoms with Gasteiger partial charge in [0.15, 0.2) is 0 Å². The van der Waals surface area contributed by atoms with Crippen molar-refractivity contribution in [2.75, 3.05) is 54.1 Å². The van der Waals surface area contributed by atoms with E-state index in [0.717, 1.165) is 58.0 Å². The van der Waals surface area contributed by atoms with Crippen LogP contribution in [0, 0.1) is 11.8 Å². The monoisotopic (exact) mass is 429 g/mol. The zero-order chi connectivity index (χ0) is 22.3. The van der Waals surface area contributed by atoms with E-state index in [0.29, 0.717) is 11.8 Å². The smallest absolute Gasteiger partial charge is 0.377 e. The van der Waals surface area contributed by atoms with Crippen LogP contribution in [0.5, 0.6) is 0 Å². The molecule has 0 aromatic heterocycles. The molecule has 0 bridgehead atoms. The summed E-state index contributed by atoms with van der Waals surface area (Å²) in [4.78, 5) is 12.0. The van der Waals surface area contributed by atoms with Crippen LogP contribution in [0.1, 0.15) is 60.8 Å². The molecule has 0 amide bonds. The average molecular weight is 430 g/mol. The number of aliphatic imine (C=N–C) groups is 2. The summed E-state index contributed by atoms with van der Waals surface area (Å²) in [6, 6.07) is 0.818. The lowest BCUT2D eigenvalue weighted by molar-refractivity contribution is 0.121. The Morgan fingerprint density at radius 3 is 1.52 bits per heavy atom. The van der Waals surface area contributed by atoms with E-state index in [1.807, 2.05) is 0 Å². The molecule has 0 N–H and O–H groups in total. The van der Waals surface area contributed by atoms with E-state index in [1.54, 1.807) is 21.3 Å². The predicted octanol–water partition coefficient (Wildman–Crippen LogP) is 4.57. The third-order valence-corrected chi connectivity index (χ3v) is 7.73. The summed E-state index contributed by atoms with van der Waals surface area (Å²) in [5.41, 5.74) is 2.49. The van der Waals surface area contributed by atoms with Gasteiger partial charge in [-0.05, 0) is 51.5 Å². The van der Waals surface area contributed by atoms with Gasteiger partial charge in [-0.3, -0.25) is 14.9 Å². The molecule has 29 heavy (non-hydrogen) atoms. The predicted molar refractivity (Wildman–Crippen MR) is 128 cm³/mol. The van der Waals surface area contributed by atoms with Gasteiger partial charge in [0.1, 0.15) is 0 Å². The van der Waals surface area contributed by atoms with Gasteiger partial charge in [0.05, 0.1) is 13.1 Å². The molecular weight excluding hydrogens is 382 g/mol. The largest absolute Gasteiger partial charge is 0.500 e. The highest BCUT2D eigenvalue weighted by atomic mass is 28.4. The molecule has 0 unspecified atom stereocenters. The van der Waals surface area contributed by atoms with Crippen molar-refractivity contribution in [3.8, 4) is 0 Å². The van der Waals surface area contributed by atoms with Crippen molar-refractivity contribution in [1.29, 1.82) is 0 Å². The third kappa shape index (κ3) is 14.1. The van der Waals surface area contributed by atoms with Crippen LogP contribution in [-0.4, -0.2) is 79.2 Å². The maximum atomic E-state index is 5.55. The van der Waals surface area contributed by atoms with Gasteiger partial charge in [0.2, 0.25) is 0 Å². The summed E-state index contributed by atoms with van der Waals surface area (Å²) in [5, 5.41) is 0. The lowest BCUT2D eigenvalue weighted by Crippen LogP contribution is -2.43. The Morgan fingerprint density at radius 1 is 0.759 bits per heavy atom. The zero-order valence-corrected chi connectivity index (χ0v) is 21.6. The van der Waals surface area contributed by atoms with Crippen LogP contribution in [0.15, 0.2) is 9.98 Å². The second-order valence-corrected chi connectivity index (χ2v) is 11.8. The van der Waals surface area contributed by atoms with Gasteiger partial charge in [-0.15, -0.1) is 0 Å². The van der Waals surface area contributed by atoms with Crippen LogP contribution in [0.25, 0.3) is 0 Å². The van der Waals surface area contributed by atoms with Gasteiger partial charge in [0, 0.05) is 51.9 Å². The van der Waals surface area contributed by atoms with Crippen LogP contribution in [0.4, 0.5) is 0 Å². The Hall–Kier alpha value is -0.603. The maximum absolute atomic E-state index is 5.55. The Morgan fingerprint density at radius 2 is 1.17 bits per heavy atom. The molecule has 0 saturated heterocycles. The van der Waals surface area contributed by atoms with Crippen molar-refractivity contribution in [2.45, 2.75) is 66.8 Å². The second-order valence-electron chi connectivity index (χ2n) is 8.67. The van der Waals surface area contributed by atoms with Crippen LogP contribution < -0.4 is 0 Å². The lowest BCUT2D eigenvalue weighted by Gasteiger charge is -2.26. The molecule has 0 rings (SSSR count). The summed E-state index contributed by atoms with van der Waals surface area (Å²) >= 11 is 0. The first-order chi connectivity index (χ1) is 13.7. The normalized spacial score (nSPS) is 13.9. The Bertz CT molecular complexity index is 440. The Kier molecular flexibility index (Phi) is 15.8. The highest BCUT2D eigenvalue weighted by molar-refractivity contribution is 6.60. The highest BCUT2D eigenvalue weighted by Crippen LogP contribution is 2.15. The fourth-order valence-corrected chi connectivity index (χ4v) is 5.19. The summed E-state index contributed by atoms with van der Waals surface area (Å²) in [5.74, 6) is 1.31. The van der Waals surface area contributed by atoms with Crippen LogP contribution in [-0.2, 0) is 13.3 Å². The molecule has 6 nitrogen and oxygen atoms in total. The Balaban J connectivity index is 4.73. The Labute approximate surface area is 181 Å². The quantitative estimate of drug-likeness (QED) is 0.251. The average Bonchev–Trinajstić information content (AvgIpc) is 2.64. The standard InChI is InChI=1S/C22H47N3O3Si/c1-19(2)17-21(5)23-11-14-25(15-12-24-22(6)18-20(3)4)13-10-16-29(26-7,27-8)28-9/h19-20H,10-18H2,1-9H3. The second kappa shape index (κ2) is 16.1. The van der Waals surface area contributed by atoms with E-state index in [2.05, 4.69) is 46.4 Å². The van der Waals surface area contributed by atoms with Gasteiger partial charge in [-0.25, -0.2) is 0 Å². The first-order valence-corrected chi connectivity index (χ1v) is 13.0. The van der Waals surface area contributed by atoms with Gasteiger partial charge in [-0.2, -0.15) is 0 Å². The summed E-state index contributed by atoms with van der Waals surface area (Å²) in [7, 11) is 2.53. The van der Waals surface area contributed by atoms with E-state index in [4.69, 9.17) is 23.3 Å². The van der Waals surface area contributed by atoms with E-state index in [9.17, 15) is 0 Å². The molecule has 0 radical (unpaired) electrons. The number of rotatable bonds is 17. The number of hydrogen-bond acceptors (Lipinski definition) is 6. The van der Waals surface area contributed by atoms with Gasteiger partial charge >= 0.3 is 8.80 Å². The molecule has 0 aliphatic heterocycles. The van der Waals surface area contributed by atoms with Gasteiger partial charge in [-0.1, -0.05) is 27.7 Å². The molecular formula is C22H47N3O3Si. The van der Waals surface area contributed by atoms with Gasteiger partial charge < -0.3 is 13.3 Å². The van der Waals surface area contributed by atoms with Gasteiger partial charge in [0.25, 0.3) is 0 Å². The molecule has 0 aromatic carbocycles. The van der Waals surface area contributed by atoms with E-state index < -0.39 is 8.80 Å². The first-order valence-electron chi connectivity index (χ1n) is 11.1. The fourth-order valence-electron chi connectivity index (χ4n) is 3.49. The van der Waals surface area contributed by atoms with Crippen LogP contribution >= 0.6 is 0 Å². The van der Waals surface area contributed by atoms with Crippen molar-refractivity contribution in [3.63, 3.8) is 0 Å². The van der Waals surface area contributed by atoms with Crippen LogP contribution in [0.3, 0.4) is 0 Å². The zero-order valence-electron chi connectivity index (χ0n) is 20.6. The van der Waals surface area contributed by atoms with Crippen molar-refractivity contribution < 1.29 is 13.3 Å². The molecule has 0 fully saturated rings. The fraction of sp³-hybridized carbons (Fsp3) is 0.909. The molecule has 0 atom stereocenters. The van der Waals surface area contributed by atoms with E-state index in [-0.39, 0.29) is 0 Å². The number of nitrogens with zero attached hydrogens (tertiary/aromatic N) is 3. The molecule has 0 aliphatic rings. The van der Waals surface area contributed by atoms with E-state index in [1.165, 1.54) is 11.4 Å². The molecule has 0 saturated carbocycles. The SMILES string of the molecule is CO[Si](CCCN(CCN=C(C)CC(C)C)CCN=C(C)CC(C)C)(OC)OC. The van der Waals surface area contributed by atoms with Crippen molar-refractivity contribution in [2.24, 2.45) is 21.8 Å². The van der Waals surface area contributed by atoms with Crippen LogP contribution in [0.2, 0.25) is 6.04 Å². The summed E-state index contributed by atoms with van der Waals surface area (Å²) in [6.45, 7) is 17.8. The minimum Gasteiger partial charge on any atom is -0.377 e. The van der Waals surface area contributed by atoms with E-state index >= 15 is 0 Å². The molecule has 0 spiro atoms. The lowest BCUT2D eigenvalue weighted by atomic mass is 10.1. The third-order valence-electron chi connectivity index (χ3n) is 4.89. The van der Waals surface area contributed by atoms with Crippen molar-refractivity contribution in [1.82, 2.24) is 4.90 Å². The first kappa shape index (κ1) is 28.4. The molecule has 0 aromatic rings. The maximum Gasteiger partial charge on any atom is 0.500 e. The minimum atomic E-state index is -2.50. The van der Waals surface area contributed by atoms with Crippen molar-refractivity contribution in [3.05, 3.63) is 0 Å². The topological polar surface area (TPSA) is 55.7 Å². The highest BCUT2D eigenvalue weighted by Gasteiger charge is 2.36. The molecule has 0 aliphatic carbocycles. The summed E-state index contributed by atoms with van der Waals surface area (Å²) in [6.07, 6.45) is 3.12. The molecule has 0 heterocycles. The number of hydrogen-bond donors (Lipinski definition) is 0. The van der Waals surface area contributed by atoms with Crippen molar-refractivity contribution >= 4 is 20.2 Å². The molecule has 172 valence electrons. The molecule has 7 heteroatoms.